The molecule has 18 heavy (non-hydrogen) atoms. The maximum absolute atomic E-state index is 7.45. The van der Waals surface area contributed by atoms with Crippen LogP contribution in [-0.2, 0) is 10.4 Å². The molecule has 0 aliphatic carbocycles. The molecule has 1 rings (SSSR count). The summed E-state index contributed by atoms with van der Waals surface area (Å²) in [4.78, 5) is 0. The molecule has 0 aliphatic rings. The van der Waals surface area contributed by atoms with Crippen LogP contribution in [0.25, 0.3) is 0 Å². The molecule has 0 fully saturated rings. The molecule has 1 N–H and O–H groups in total. The molecule has 0 unspecified atom stereocenters. The Morgan fingerprint density at radius 1 is 1.06 bits per heavy atom. The van der Waals surface area contributed by atoms with Gasteiger partial charge in [0.2, 0.25) is 0 Å². The molecule has 2 nitrogen and oxygen atoms in total. The van der Waals surface area contributed by atoms with E-state index in [1.54, 1.807) is 0 Å². The van der Waals surface area contributed by atoms with Gasteiger partial charge in [-0.3, -0.25) is 0 Å². The molecule has 0 bridgehead atoms. The Balaban J connectivity index is 3.76. The van der Waals surface area contributed by atoms with Gasteiger partial charge >= 0.3 is 117 Å². The summed E-state index contributed by atoms with van der Waals surface area (Å²) in [7, 11) is 9.90. The van der Waals surface area contributed by atoms with Crippen molar-refractivity contribution >= 4 is 25.3 Å². The van der Waals surface area contributed by atoms with Gasteiger partial charge in [-0.25, -0.2) is 0 Å². The molecule has 107 valence electrons. The number of hydrogen-bond acceptors (Lipinski definition) is 1. The summed E-state index contributed by atoms with van der Waals surface area (Å²) in [6, 6.07) is 3.98. The quantitative estimate of drug-likeness (QED) is 0.785. The minimum atomic E-state index is -4.99. The van der Waals surface area contributed by atoms with Gasteiger partial charge in [0.15, 0.2) is 0 Å². The molecule has 6 heteroatoms. The van der Waals surface area contributed by atoms with Gasteiger partial charge in [0.25, 0.3) is 0 Å². The molecular formula is C12H27Cl2N2SiTi. The van der Waals surface area contributed by atoms with Crippen molar-refractivity contribution in [2.45, 2.75) is 49.9 Å². The van der Waals surface area contributed by atoms with Crippen LogP contribution in [0.3, 0.4) is 0 Å². The number of hydrogen-bond donors (Lipinski definition) is 1. The first-order valence-electron chi connectivity index (χ1n) is 6.56. The second kappa shape index (κ2) is 3.32. The normalized spacial score (nSPS) is 20.0. The third kappa shape index (κ3) is 2.50. The molecule has 0 saturated carbocycles. The van der Waals surface area contributed by atoms with Crippen molar-refractivity contribution in [2.75, 3.05) is 0 Å². The fourth-order valence-electron chi connectivity index (χ4n) is 2.83. The van der Waals surface area contributed by atoms with Crippen molar-refractivity contribution in [2.24, 2.45) is 0 Å². The van der Waals surface area contributed by atoms with E-state index in [4.69, 9.17) is 18.6 Å². The van der Waals surface area contributed by atoms with Gasteiger partial charge in [0, 0.05) is 0 Å². The topological polar surface area (TPSA) is 17.0 Å². The van der Waals surface area contributed by atoms with Crippen LogP contribution in [0.5, 0.6) is 0 Å². The van der Waals surface area contributed by atoms with Gasteiger partial charge in [0.05, 0.1) is 0 Å². The molecule has 1 aromatic rings. The Kier molecular flexibility index (Phi) is 3.10. The monoisotopic (exact) mass is 345 g/mol. The van der Waals surface area contributed by atoms with Gasteiger partial charge in [0.1, 0.15) is 0 Å². The summed E-state index contributed by atoms with van der Waals surface area (Å²) in [5.41, 5.74) is -0.148. The summed E-state index contributed by atoms with van der Waals surface area (Å²) in [6.45, 7) is 9.34. The standard InChI is InChI=1S/C4H4N.C4H10N.C2H7Si.2CH3.2ClH.Ti/c1-2-4-5-3-1;1-4(2,3)5;1-3-2;;;;;/h1-4H;5H,1-3H3;3H,1-2H3;2*1H3;2*1H;/q2*-1;;;;;;+4/p-2. The number of nitrogens with one attached hydrogen (secondary N) is 1. The van der Waals surface area contributed by atoms with E-state index in [0.29, 0.717) is 0 Å². The predicted molar refractivity (Wildman–Crippen MR) is 85.0 cm³/mol. The molecule has 1 heterocycles. The molecular weight excluding hydrogens is 319 g/mol. The second-order valence-electron chi connectivity index (χ2n) is 8.43. The van der Waals surface area contributed by atoms with Crippen LogP contribution in [0.4, 0.5) is 0 Å². The van der Waals surface area contributed by atoms with Crippen LogP contribution in [0, 0.1) is 0 Å². The molecule has 0 atom stereocenters. The van der Waals surface area contributed by atoms with Crippen LogP contribution < -0.4 is 3.80 Å². The fourth-order valence-corrected chi connectivity index (χ4v) is 20.3. The molecule has 0 spiro atoms. The molecule has 0 radical (unpaired) electrons. The third-order valence-corrected chi connectivity index (χ3v) is 50.1. The Hall–Kier alpha value is 0.751. The van der Waals surface area contributed by atoms with E-state index in [0.717, 1.165) is 0 Å². The second-order valence-corrected chi connectivity index (χ2v) is 55.0. The fraction of sp³-hybridized carbons (Fsp3) is 0.667. The molecule has 0 saturated heterocycles. The zero-order valence-electron chi connectivity index (χ0n) is 12.6. The number of nitrogens with zero attached hydrogens (tertiary/aromatic N) is 1. The number of halogens is 2. The Morgan fingerprint density at radius 3 is 1.72 bits per heavy atom. The van der Waals surface area contributed by atoms with Crippen molar-refractivity contribution in [1.29, 1.82) is 0 Å². The molecule has 0 aromatic carbocycles. The molecule has 0 amide bonds. The van der Waals surface area contributed by atoms with E-state index in [9.17, 15) is 0 Å². The van der Waals surface area contributed by atoms with E-state index in [1.165, 1.54) is 0 Å². The summed E-state index contributed by atoms with van der Waals surface area (Å²) in [5.74, 6) is 0. The van der Waals surface area contributed by atoms with Crippen molar-refractivity contribution in [3.63, 3.8) is 0 Å². The number of rotatable bonds is 3. The van der Waals surface area contributed by atoms with Crippen molar-refractivity contribution < 1.29 is 10.4 Å². The predicted octanol–water partition coefficient (Wildman–Crippen LogP) is 4.70. The van der Waals surface area contributed by atoms with Gasteiger partial charge in [-0.05, 0) is 0 Å². The van der Waals surface area contributed by atoms with Gasteiger partial charge < -0.3 is 0 Å². The van der Waals surface area contributed by atoms with Crippen LogP contribution in [0.15, 0.2) is 24.5 Å². The first-order chi connectivity index (χ1) is 7.54. The maximum atomic E-state index is 7.45. The summed E-state index contributed by atoms with van der Waals surface area (Å²) < 4.78 is 5.78. The van der Waals surface area contributed by atoms with Gasteiger partial charge in [-0.2, -0.15) is 0 Å². The third-order valence-electron chi connectivity index (χ3n) is 4.58. The first kappa shape index (κ1) is 16.8. The van der Waals surface area contributed by atoms with E-state index < -0.39 is 17.1 Å². The average Bonchev–Trinajstić information content (AvgIpc) is 2.48. The Morgan fingerprint density at radius 2 is 1.44 bits per heavy atom. The molecule has 1 aromatic heterocycles. The van der Waals surface area contributed by atoms with E-state index in [1.807, 2.05) is 24.5 Å². The zero-order chi connectivity index (χ0) is 14.6. The first-order valence-corrected chi connectivity index (χ1v) is 21.1. The summed E-state index contributed by atoms with van der Waals surface area (Å²) in [6.07, 6.45) is 4.00. The van der Waals surface area contributed by atoms with Crippen LogP contribution in [0.2, 0.25) is 23.6 Å². The van der Waals surface area contributed by atoms with Crippen LogP contribution in [0.1, 0.15) is 20.8 Å². The van der Waals surface area contributed by atoms with E-state index in [2.05, 4.69) is 51.2 Å². The summed E-state index contributed by atoms with van der Waals surface area (Å²) >= 11 is 0. The summed E-state index contributed by atoms with van der Waals surface area (Å²) in [5, 5.41) is 4.17. The SMILES string of the molecule is C[SiH](C)[Ti]([CH3])([CH3])([Cl])([Cl])([NH]C(C)(C)C)[n]1cccc1. The van der Waals surface area contributed by atoms with E-state index >= 15 is 0 Å². The average molecular weight is 346 g/mol. The minimum absolute atomic E-state index is 0.148. The van der Waals surface area contributed by atoms with Gasteiger partial charge in [-0.1, -0.05) is 0 Å². The van der Waals surface area contributed by atoms with Gasteiger partial charge in [-0.15, -0.1) is 0 Å². The Labute approximate surface area is 116 Å². The zero-order valence-corrected chi connectivity index (χ0v) is 16.8. The number of aromatic nitrogens is 1. The van der Waals surface area contributed by atoms with Crippen LogP contribution >= 0.6 is 18.6 Å². The van der Waals surface area contributed by atoms with Crippen molar-refractivity contribution in [3.05, 3.63) is 24.5 Å². The van der Waals surface area contributed by atoms with Crippen molar-refractivity contribution in [1.82, 2.24) is 6.85 Å². The van der Waals surface area contributed by atoms with Crippen molar-refractivity contribution in [3.8, 4) is 0 Å². The Bertz CT molecular complexity index is 475. The molecule has 0 aliphatic heterocycles. The van der Waals surface area contributed by atoms with Crippen LogP contribution in [-0.4, -0.2) is 15.3 Å². The van der Waals surface area contributed by atoms with E-state index in [-0.39, 0.29) is 5.54 Å².